The van der Waals surface area contributed by atoms with E-state index in [-0.39, 0.29) is 23.2 Å². The molecule has 0 aliphatic carbocycles. The molecule has 104 valence electrons. The molecule has 0 bridgehead atoms. The van der Waals surface area contributed by atoms with E-state index in [2.05, 4.69) is 14.9 Å². The largest absolute Gasteiger partial charge is 0.391 e. The first-order valence-corrected chi connectivity index (χ1v) is 7.71. The Labute approximate surface area is 114 Å². The zero-order valence-corrected chi connectivity index (χ0v) is 12.0. The van der Waals surface area contributed by atoms with Gasteiger partial charge in [-0.2, -0.15) is 4.98 Å². The molecule has 0 amide bonds. The minimum atomic E-state index is -3.63. The maximum atomic E-state index is 12.0. The first-order chi connectivity index (χ1) is 8.92. The third-order valence-electron chi connectivity index (χ3n) is 2.40. The lowest BCUT2D eigenvalue weighted by atomic mass is 10.3. The van der Waals surface area contributed by atoms with Gasteiger partial charge in [0.2, 0.25) is 15.9 Å². The molecule has 0 spiro atoms. The maximum Gasteiger partial charge on any atom is 0.250 e. The Kier molecular flexibility index (Phi) is 3.99. The SMILES string of the molecule is Cc1nc(CNS(=O)(=O)c2cc(C)c(CO)s2)no1. The van der Waals surface area contributed by atoms with Gasteiger partial charge in [-0.05, 0) is 18.6 Å². The van der Waals surface area contributed by atoms with Crippen molar-refractivity contribution in [1.29, 1.82) is 0 Å². The van der Waals surface area contributed by atoms with Gasteiger partial charge in [0.25, 0.3) is 0 Å². The summed E-state index contributed by atoms with van der Waals surface area (Å²) in [5.74, 6) is 0.653. The zero-order valence-electron chi connectivity index (χ0n) is 10.4. The van der Waals surface area contributed by atoms with Gasteiger partial charge in [-0.15, -0.1) is 11.3 Å². The standard InChI is InChI=1S/C10H13N3O4S2/c1-6-3-10(18-8(6)5-14)19(15,16)11-4-9-12-7(2)17-13-9/h3,11,14H,4-5H2,1-2H3. The molecule has 0 saturated carbocycles. The van der Waals surface area contributed by atoms with Crippen LogP contribution in [0.2, 0.25) is 0 Å². The Balaban J connectivity index is 2.13. The van der Waals surface area contributed by atoms with Crippen molar-refractivity contribution in [2.45, 2.75) is 31.2 Å². The van der Waals surface area contributed by atoms with Gasteiger partial charge in [-0.1, -0.05) is 5.16 Å². The van der Waals surface area contributed by atoms with Crippen LogP contribution in [0.4, 0.5) is 0 Å². The smallest absolute Gasteiger partial charge is 0.250 e. The number of aliphatic hydroxyl groups excluding tert-OH is 1. The highest BCUT2D eigenvalue weighted by atomic mass is 32.2. The number of thiophene rings is 1. The van der Waals surface area contributed by atoms with Crippen molar-refractivity contribution >= 4 is 21.4 Å². The van der Waals surface area contributed by atoms with Crippen molar-refractivity contribution in [3.8, 4) is 0 Å². The van der Waals surface area contributed by atoms with E-state index < -0.39 is 10.0 Å². The van der Waals surface area contributed by atoms with Crippen LogP contribution in [0, 0.1) is 13.8 Å². The van der Waals surface area contributed by atoms with E-state index >= 15 is 0 Å². The average molecular weight is 303 g/mol. The maximum absolute atomic E-state index is 12.0. The Bertz CT molecular complexity index is 675. The number of hydrogen-bond donors (Lipinski definition) is 2. The van der Waals surface area contributed by atoms with Gasteiger partial charge >= 0.3 is 0 Å². The molecule has 19 heavy (non-hydrogen) atoms. The highest BCUT2D eigenvalue weighted by Gasteiger charge is 2.19. The lowest BCUT2D eigenvalue weighted by Crippen LogP contribution is -2.23. The monoisotopic (exact) mass is 303 g/mol. The molecule has 0 saturated heterocycles. The van der Waals surface area contributed by atoms with Crippen molar-refractivity contribution in [3.63, 3.8) is 0 Å². The summed E-state index contributed by atoms with van der Waals surface area (Å²) in [5.41, 5.74) is 0.753. The lowest BCUT2D eigenvalue weighted by molar-refractivity contribution is 0.285. The molecule has 0 aromatic carbocycles. The van der Waals surface area contributed by atoms with Crippen LogP contribution >= 0.6 is 11.3 Å². The van der Waals surface area contributed by atoms with Crippen LogP contribution in [0.15, 0.2) is 14.8 Å². The fourth-order valence-electron chi connectivity index (χ4n) is 1.42. The Morgan fingerprint density at radius 2 is 2.21 bits per heavy atom. The zero-order chi connectivity index (χ0) is 14.0. The van der Waals surface area contributed by atoms with Crippen LogP contribution < -0.4 is 4.72 Å². The van der Waals surface area contributed by atoms with E-state index in [1.54, 1.807) is 13.8 Å². The minimum absolute atomic E-state index is 0.0366. The van der Waals surface area contributed by atoms with Gasteiger partial charge in [-0.3, -0.25) is 0 Å². The van der Waals surface area contributed by atoms with E-state index in [9.17, 15) is 8.42 Å². The summed E-state index contributed by atoms with van der Waals surface area (Å²) >= 11 is 1.04. The van der Waals surface area contributed by atoms with E-state index in [1.165, 1.54) is 6.07 Å². The van der Waals surface area contributed by atoms with Crippen LogP contribution in [0.1, 0.15) is 22.2 Å². The van der Waals surface area contributed by atoms with Crippen LogP contribution in [-0.2, 0) is 23.2 Å². The third kappa shape index (κ3) is 3.18. The fraction of sp³-hybridized carbons (Fsp3) is 0.400. The van der Waals surface area contributed by atoms with Crippen molar-refractivity contribution in [2.75, 3.05) is 0 Å². The van der Waals surface area contributed by atoms with Gasteiger partial charge in [-0.25, -0.2) is 13.1 Å². The summed E-state index contributed by atoms with van der Waals surface area (Å²) in [4.78, 5) is 4.54. The topological polar surface area (TPSA) is 105 Å². The number of aryl methyl sites for hydroxylation is 2. The molecule has 2 rings (SSSR count). The Hall–Kier alpha value is -1.29. The van der Waals surface area contributed by atoms with Crippen LogP contribution in [0.5, 0.6) is 0 Å². The first kappa shape index (κ1) is 14.1. The average Bonchev–Trinajstić information content (AvgIpc) is 2.93. The fourth-order valence-corrected chi connectivity index (χ4v) is 3.90. The Morgan fingerprint density at radius 3 is 2.74 bits per heavy atom. The second-order valence-electron chi connectivity index (χ2n) is 3.88. The predicted molar refractivity (Wildman–Crippen MR) is 68.0 cm³/mol. The molecule has 2 aromatic heterocycles. The molecule has 0 aliphatic heterocycles. The second kappa shape index (κ2) is 5.37. The molecule has 0 aliphatic rings. The number of hydrogen-bond acceptors (Lipinski definition) is 7. The van der Waals surface area contributed by atoms with Crippen LogP contribution in [0.25, 0.3) is 0 Å². The van der Waals surface area contributed by atoms with E-state index in [0.717, 1.165) is 16.9 Å². The van der Waals surface area contributed by atoms with Crippen LogP contribution in [-0.4, -0.2) is 23.7 Å². The molecular weight excluding hydrogens is 290 g/mol. The van der Waals surface area contributed by atoms with Crippen molar-refractivity contribution in [2.24, 2.45) is 0 Å². The molecule has 2 N–H and O–H groups in total. The second-order valence-corrected chi connectivity index (χ2v) is 7.01. The summed E-state index contributed by atoms with van der Waals surface area (Å²) in [5, 5.41) is 12.7. The quantitative estimate of drug-likeness (QED) is 0.843. The minimum Gasteiger partial charge on any atom is -0.391 e. The van der Waals surface area contributed by atoms with Crippen LogP contribution in [0.3, 0.4) is 0 Å². The number of nitrogens with zero attached hydrogens (tertiary/aromatic N) is 2. The number of aromatic nitrogens is 2. The van der Waals surface area contributed by atoms with Gasteiger partial charge < -0.3 is 9.63 Å². The summed E-state index contributed by atoms with van der Waals surface area (Å²) in [6.45, 7) is 3.17. The van der Waals surface area contributed by atoms with Crippen molar-refractivity contribution in [3.05, 3.63) is 28.2 Å². The summed E-state index contributed by atoms with van der Waals surface area (Å²) < 4.78 is 31.3. The molecular formula is C10H13N3O4S2. The molecule has 0 unspecified atom stereocenters. The number of nitrogens with one attached hydrogen (secondary N) is 1. The molecule has 2 aromatic rings. The van der Waals surface area contributed by atoms with Gasteiger partial charge in [0.15, 0.2) is 5.82 Å². The lowest BCUT2D eigenvalue weighted by Gasteiger charge is -2.00. The van der Waals surface area contributed by atoms with E-state index in [4.69, 9.17) is 9.63 Å². The van der Waals surface area contributed by atoms with Gasteiger partial charge in [0.1, 0.15) is 4.21 Å². The molecule has 9 heteroatoms. The number of rotatable bonds is 5. The normalized spacial score (nSPS) is 11.9. The summed E-state index contributed by atoms with van der Waals surface area (Å²) in [7, 11) is -3.63. The molecule has 7 nitrogen and oxygen atoms in total. The first-order valence-electron chi connectivity index (χ1n) is 5.41. The highest BCUT2D eigenvalue weighted by Crippen LogP contribution is 2.25. The van der Waals surface area contributed by atoms with Crippen molar-refractivity contribution < 1.29 is 18.0 Å². The highest BCUT2D eigenvalue weighted by molar-refractivity contribution is 7.91. The molecule has 0 fully saturated rings. The predicted octanol–water partition coefficient (Wildman–Crippen LogP) is 0.719. The molecule has 0 radical (unpaired) electrons. The van der Waals surface area contributed by atoms with Gasteiger partial charge in [0, 0.05) is 11.8 Å². The molecule has 0 atom stereocenters. The third-order valence-corrected chi connectivity index (χ3v) is 5.49. The van der Waals surface area contributed by atoms with Crippen molar-refractivity contribution in [1.82, 2.24) is 14.9 Å². The number of sulfonamides is 1. The summed E-state index contributed by atoms with van der Waals surface area (Å²) in [6.07, 6.45) is 0. The van der Waals surface area contributed by atoms with E-state index in [1.807, 2.05) is 0 Å². The molecule has 2 heterocycles. The number of aliphatic hydroxyl groups is 1. The van der Waals surface area contributed by atoms with E-state index in [0.29, 0.717) is 10.8 Å². The Morgan fingerprint density at radius 1 is 1.47 bits per heavy atom. The van der Waals surface area contributed by atoms with Gasteiger partial charge in [0.05, 0.1) is 13.2 Å². The summed E-state index contributed by atoms with van der Waals surface area (Å²) in [6, 6.07) is 1.53.